The molecule has 0 amide bonds. The van der Waals surface area contributed by atoms with Crippen LogP contribution in [0.15, 0.2) is 12.2 Å². The van der Waals surface area contributed by atoms with Gasteiger partial charge in [0.2, 0.25) is 0 Å². The molecule has 0 aliphatic heterocycles. The fourth-order valence-electron chi connectivity index (χ4n) is 2.92. The highest BCUT2D eigenvalue weighted by molar-refractivity contribution is 5.91. The van der Waals surface area contributed by atoms with Crippen LogP contribution in [0.4, 0.5) is 0 Å². The van der Waals surface area contributed by atoms with E-state index in [-0.39, 0.29) is 0 Å². The molecule has 1 atom stereocenters. The molecule has 0 rings (SSSR count). The third-order valence-electron chi connectivity index (χ3n) is 4.85. The summed E-state index contributed by atoms with van der Waals surface area (Å²) in [4.78, 5) is 23.3. The van der Waals surface area contributed by atoms with Crippen LogP contribution in [0.5, 0.6) is 0 Å². The van der Waals surface area contributed by atoms with Crippen molar-refractivity contribution in [2.45, 2.75) is 104 Å². The van der Waals surface area contributed by atoms with Gasteiger partial charge in [-0.25, -0.2) is 9.59 Å². The quantitative estimate of drug-likeness (QED) is 0.157. The first-order valence-electron chi connectivity index (χ1n) is 11.2. The van der Waals surface area contributed by atoms with Gasteiger partial charge in [0.25, 0.3) is 0 Å². The fourth-order valence-corrected chi connectivity index (χ4v) is 2.92. The van der Waals surface area contributed by atoms with Crippen LogP contribution in [0.2, 0.25) is 0 Å². The van der Waals surface area contributed by atoms with E-state index < -0.39 is 11.9 Å². The SMILES string of the molecule is CCCCCCCCCCCOC(=O)/C=C/C(=O)OCC(CC)CCCC. The molecule has 27 heavy (non-hydrogen) atoms. The van der Waals surface area contributed by atoms with Crippen molar-refractivity contribution >= 4 is 11.9 Å². The zero-order valence-corrected chi connectivity index (χ0v) is 18.0. The van der Waals surface area contributed by atoms with Gasteiger partial charge in [0.15, 0.2) is 0 Å². The van der Waals surface area contributed by atoms with Gasteiger partial charge in [0, 0.05) is 12.2 Å². The van der Waals surface area contributed by atoms with E-state index in [9.17, 15) is 9.59 Å². The van der Waals surface area contributed by atoms with Crippen LogP contribution >= 0.6 is 0 Å². The number of hydrogen-bond donors (Lipinski definition) is 0. The van der Waals surface area contributed by atoms with E-state index in [2.05, 4.69) is 20.8 Å². The lowest BCUT2D eigenvalue weighted by Gasteiger charge is -2.13. The predicted molar refractivity (Wildman–Crippen MR) is 112 cm³/mol. The fraction of sp³-hybridized carbons (Fsp3) is 0.826. The van der Waals surface area contributed by atoms with Crippen molar-refractivity contribution in [3.63, 3.8) is 0 Å². The lowest BCUT2D eigenvalue weighted by Crippen LogP contribution is -2.12. The highest BCUT2D eigenvalue weighted by Gasteiger charge is 2.08. The van der Waals surface area contributed by atoms with Crippen LogP contribution in [0.3, 0.4) is 0 Å². The molecule has 0 fully saturated rings. The highest BCUT2D eigenvalue weighted by atomic mass is 16.5. The number of esters is 2. The Kier molecular flexibility index (Phi) is 18.5. The molecule has 0 aromatic rings. The van der Waals surface area contributed by atoms with E-state index in [0.717, 1.165) is 38.5 Å². The minimum atomic E-state index is -0.468. The number of carbonyl (C=O) groups excluding carboxylic acids is 2. The first-order valence-corrected chi connectivity index (χ1v) is 11.2. The molecule has 4 heteroatoms. The van der Waals surface area contributed by atoms with Crippen molar-refractivity contribution in [1.82, 2.24) is 0 Å². The Labute approximate surface area is 167 Å². The molecule has 0 radical (unpaired) electrons. The molecule has 0 saturated carbocycles. The molecule has 4 nitrogen and oxygen atoms in total. The molecular weight excluding hydrogens is 340 g/mol. The summed E-state index contributed by atoms with van der Waals surface area (Å²) in [5, 5.41) is 0. The van der Waals surface area contributed by atoms with Gasteiger partial charge in [-0.05, 0) is 18.8 Å². The van der Waals surface area contributed by atoms with Crippen molar-refractivity contribution in [2.24, 2.45) is 5.92 Å². The number of ether oxygens (including phenoxy) is 2. The first kappa shape index (κ1) is 25.7. The van der Waals surface area contributed by atoms with Crippen molar-refractivity contribution in [3.8, 4) is 0 Å². The van der Waals surface area contributed by atoms with Gasteiger partial charge in [-0.3, -0.25) is 0 Å². The van der Waals surface area contributed by atoms with E-state index >= 15 is 0 Å². The lowest BCUT2D eigenvalue weighted by atomic mass is 10.0. The Morgan fingerprint density at radius 2 is 1.22 bits per heavy atom. The molecule has 0 bridgehead atoms. The minimum Gasteiger partial charge on any atom is -0.463 e. The van der Waals surface area contributed by atoms with Crippen molar-refractivity contribution in [1.29, 1.82) is 0 Å². The summed E-state index contributed by atoms with van der Waals surface area (Å²) in [5.74, 6) is -0.532. The van der Waals surface area contributed by atoms with E-state index in [1.54, 1.807) is 0 Å². The molecular formula is C23H42O4. The molecule has 0 N–H and O–H groups in total. The molecule has 0 saturated heterocycles. The van der Waals surface area contributed by atoms with Crippen molar-refractivity contribution in [2.75, 3.05) is 13.2 Å². The first-order chi connectivity index (χ1) is 13.1. The largest absolute Gasteiger partial charge is 0.463 e. The van der Waals surface area contributed by atoms with Crippen LogP contribution < -0.4 is 0 Å². The third kappa shape index (κ3) is 17.8. The standard InChI is InChI=1S/C23H42O4/c1-4-7-9-10-11-12-13-14-15-19-26-22(24)17-18-23(25)27-20-21(6-3)16-8-5-2/h17-18,21H,4-16,19-20H2,1-3H3/b18-17+. The summed E-state index contributed by atoms with van der Waals surface area (Å²) in [6, 6.07) is 0. The lowest BCUT2D eigenvalue weighted by molar-refractivity contribution is -0.141. The van der Waals surface area contributed by atoms with Gasteiger partial charge in [-0.1, -0.05) is 91.4 Å². The summed E-state index contributed by atoms with van der Waals surface area (Å²) < 4.78 is 10.3. The number of hydrogen-bond acceptors (Lipinski definition) is 4. The molecule has 1 unspecified atom stereocenters. The summed E-state index contributed by atoms with van der Waals surface area (Å²) in [7, 11) is 0. The second-order valence-electron chi connectivity index (χ2n) is 7.38. The maximum absolute atomic E-state index is 11.7. The Balaban J connectivity index is 3.63. The molecule has 0 aromatic heterocycles. The van der Waals surface area contributed by atoms with Crippen LogP contribution in [0, 0.1) is 5.92 Å². The summed E-state index contributed by atoms with van der Waals surface area (Å²) >= 11 is 0. The van der Waals surface area contributed by atoms with E-state index in [1.807, 2.05) is 0 Å². The Morgan fingerprint density at radius 3 is 1.78 bits per heavy atom. The van der Waals surface area contributed by atoms with E-state index in [4.69, 9.17) is 9.47 Å². The summed E-state index contributed by atoms with van der Waals surface area (Å²) in [5.41, 5.74) is 0. The zero-order valence-electron chi connectivity index (χ0n) is 18.0. The van der Waals surface area contributed by atoms with Gasteiger partial charge < -0.3 is 9.47 Å². The monoisotopic (exact) mass is 382 g/mol. The van der Waals surface area contributed by atoms with Gasteiger partial charge >= 0.3 is 11.9 Å². The third-order valence-corrected chi connectivity index (χ3v) is 4.85. The zero-order chi connectivity index (χ0) is 20.2. The minimum absolute atomic E-state index is 0.404. The Hall–Kier alpha value is -1.32. The van der Waals surface area contributed by atoms with Crippen LogP contribution in [-0.2, 0) is 19.1 Å². The Bertz CT molecular complexity index is 390. The van der Waals surface area contributed by atoms with Gasteiger partial charge in [-0.15, -0.1) is 0 Å². The average Bonchev–Trinajstić information content (AvgIpc) is 2.68. The van der Waals surface area contributed by atoms with E-state index in [0.29, 0.717) is 19.1 Å². The van der Waals surface area contributed by atoms with Crippen LogP contribution in [-0.4, -0.2) is 25.2 Å². The number of unbranched alkanes of at least 4 members (excludes halogenated alkanes) is 9. The maximum Gasteiger partial charge on any atom is 0.331 e. The smallest absolute Gasteiger partial charge is 0.331 e. The van der Waals surface area contributed by atoms with Crippen molar-refractivity contribution in [3.05, 3.63) is 12.2 Å². The van der Waals surface area contributed by atoms with Gasteiger partial charge in [0.05, 0.1) is 13.2 Å². The average molecular weight is 383 g/mol. The summed E-state index contributed by atoms with van der Waals surface area (Å²) in [6.45, 7) is 7.33. The summed E-state index contributed by atoms with van der Waals surface area (Å²) in [6.07, 6.45) is 17.8. The number of carbonyl (C=O) groups is 2. The van der Waals surface area contributed by atoms with Gasteiger partial charge in [0.1, 0.15) is 0 Å². The van der Waals surface area contributed by atoms with Crippen LogP contribution in [0.1, 0.15) is 104 Å². The molecule has 0 aliphatic carbocycles. The molecule has 0 aliphatic rings. The topological polar surface area (TPSA) is 52.6 Å². The second kappa shape index (κ2) is 19.4. The molecule has 158 valence electrons. The second-order valence-corrected chi connectivity index (χ2v) is 7.38. The predicted octanol–water partition coefficient (Wildman–Crippen LogP) is 6.38. The molecule has 0 heterocycles. The number of rotatable bonds is 18. The molecule has 0 spiro atoms. The van der Waals surface area contributed by atoms with Gasteiger partial charge in [-0.2, -0.15) is 0 Å². The normalized spacial score (nSPS) is 12.3. The van der Waals surface area contributed by atoms with Crippen molar-refractivity contribution < 1.29 is 19.1 Å². The highest BCUT2D eigenvalue weighted by Crippen LogP contribution is 2.13. The van der Waals surface area contributed by atoms with Crippen LogP contribution in [0.25, 0.3) is 0 Å². The molecule has 0 aromatic carbocycles. The Morgan fingerprint density at radius 1 is 0.704 bits per heavy atom. The maximum atomic E-state index is 11.7. The van der Waals surface area contributed by atoms with E-state index in [1.165, 1.54) is 57.1 Å².